The maximum absolute atomic E-state index is 4.39. The van der Waals surface area contributed by atoms with Crippen molar-refractivity contribution in [3.05, 3.63) is 42.1 Å². The zero-order valence-corrected chi connectivity index (χ0v) is 10.5. The summed E-state index contributed by atoms with van der Waals surface area (Å²) in [6, 6.07) is 4.01. The van der Waals surface area contributed by atoms with Gasteiger partial charge < -0.3 is 0 Å². The zero-order chi connectivity index (χ0) is 10.8. The van der Waals surface area contributed by atoms with Crippen molar-refractivity contribution in [1.29, 1.82) is 0 Å². The summed E-state index contributed by atoms with van der Waals surface area (Å²) in [6.07, 6.45) is 5.60. The average Bonchev–Trinajstić information content (AvgIpc) is 2.67. The molecule has 0 spiro atoms. The molecule has 0 N–H and O–H groups in total. The van der Waals surface area contributed by atoms with Crippen LogP contribution in [0.5, 0.6) is 0 Å². The molecule has 3 nitrogen and oxygen atoms in total. The summed E-state index contributed by atoms with van der Waals surface area (Å²) in [6.45, 7) is 6.33. The first kappa shape index (κ1) is 12.7. The fourth-order valence-corrected chi connectivity index (χ4v) is 1.65. The summed E-state index contributed by atoms with van der Waals surface area (Å²) in [5.74, 6) is 2.43. The lowest BCUT2D eigenvalue weighted by molar-refractivity contribution is 0.741. The van der Waals surface area contributed by atoms with E-state index < -0.39 is 0 Å². The Morgan fingerprint density at radius 1 is 1.19 bits per heavy atom. The molecule has 0 aliphatic carbocycles. The molecule has 0 bridgehead atoms. The van der Waals surface area contributed by atoms with Gasteiger partial charge in [-0.3, -0.25) is 4.57 Å². The molecule has 0 saturated carbocycles. The van der Waals surface area contributed by atoms with E-state index in [1.807, 2.05) is 24.7 Å². The molecule has 0 aliphatic rings. The predicted octanol–water partition coefficient (Wildman–Crippen LogP) is 3.12. The molecule has 4 heteroatoms. The van der Waals surface area contributed by atoms with Gasteiger partial charge >= 0.3 is 0 Å². The molecule has 0 amide bonds. The number of imidazole rings is 1. The molecule has 0 radical (unpaired) electrons. The smallest absolute Gasteiger partial charge is 0.140 e. The van der Waals surface area contributed by atoms with Crippen molar-refractivity contribution in [1.82, 2.24) is 14.5 Å². The molecular formula is C12H16ClN3. The van der Waals surface area contributed by atoms with E-state index in [9.17, 15) is 0 Å². The van der Waals surface area contributed by atoms with Crippen molar-refractivity contribution >= 4 is 12.4 Å². The molecule has 2 aromatic rings. The third kappa shape index (κ3) is 2.25. The standard InChI is InChI=1S/C12H15N3.ClH/c1-9(2)11-14-7-8-15(11)12-10(3)5-4-6-13-12;/h4-9H,1-3H3;1H. The Bertz CT molecular complexity index is 463. The van der Waals surface area contributed by atoms with Crippen LogP contribution in [-0.4, -0.2) is 14.5 Å². The lowest BCUT2D eigenvalue weighted by Crippen LogP contribution is -2.05. The topological polar surface area (TPSA) is 30.7 Å². The maximum Gasteiger partial charge on any atom is 0.140 e. The van der Waals surface area contributed by atoms with Gasteiger partial charge in [-0.1, -0.05) is 19.9 Å². The van der Waals surface area contributed by atoms with Crippen LogP contribution in [0.25, 0.3) is 5.82 Å². The highest BCUT2D eigenvalue weighted by Gasteiger charge is 2.10. The second-order valence-electron chi connectivity index (χ2n) is 3.95. The van der Waals surface area contributed by atoms with Gasteiger partial charge in [-0.15, -0.1) is 12.4 Å². The van der Waals surface area contributed by atoms with Gasteiger partial charge in [0.25, 0.3) is 0 Å². The monoisotopic (exact) mass is 237 g/mol. The minimum absolute atomic E-state index is 0. The van der Waals surface area contributed by atoms with Crippen LogP contribution in [0.1, 0.15) is 31.2 Å². The van der Waals surface area contributed by atoms with E-state index in [0.717, 1.165) is 17.2 Å². The molecule has 2 heterocycles. The van der Waals surface area contributed by atoms with Gasteiger partial charge in [-0.2, -0.15) is 0 Å². The number of aromatic nitrogens is 3. The fourth-order valence-electron chi connectivity index (χ4n) is 1.65. The van der Waals surface area contributed by atoms with Crippen LogP contribution in [0.15, 0.2) is 30.7 Å². The van der Waals surface area contributed by atoms with Crippen molar-refractivity contribution in [3.8, 4) is 5.82 Å². The number of aryl methyl sites for hydroxylation is 1. The van der Waals surface area contributed by atoms with Crippen molar-refractivity contribution in [3.63, 3.8) is 0 Å². The number of rotatable bonds is 2. The lowest BCUT2D eigenvalue weighted by Gasteiger charge is -2.11. The minimum atomic E-state index is 0. The first-order valence-electron chi connectivity index (χ1n) is 5.15. The lowest BCUT2D eigenvalue weighted by atomic mass is 10.2. The van der Waals surface area contributed by atoms with E-state index in [0.29, 0.717) is 5.92 Å². The first-order chi connectivity index (χ1) is 7.20. The van der Waals surface area contributed by atoms with Crippen LogP contribution in [0.3, 0.4) is 0 Å². The Labute approximate surface area is 102 Å². The summed E-state index contributed by atoms with van der Waals surface area (Å²) < 4.78 is 2.06. The molecular weight excluding hydrogens is 222 g/mol. The third-order valence-corrected chi connectivity index (χ3v) is 2.40. The van der Waals surface area contributed by atoms with Gasteiger partial charge in [0.05, 0.1) is 0 Å². The van der Waals surface area contributed by atoms with Crippen LogP contribution < -0.4 is 0 Å². The van der Waals surface area contributed by atoms with E-state index in [2.05, 4.69) is 41.4 Å². The molecule has 0 unspecified atom stereocenters. The van der Waals surface area contributed by atoms with Gasteiger partial charge in [-0.25, -0.2) is 9.97 Å². The molecule has 0 fully saturated rings. The molecule has 0 aliphatic heterocycles. The molecule has 86 valence electrons. The van der Waals surface area contributed by atoms with Crippen molar-refractivity contribution < 1.29 is 0 Å². The highest BCUT2D eigenvalue weighted by atomic mass is 35.5. The number of nitrogens with zero attached hydrogens (tertiary/aromatic N) is 3. The highest BCUT2D eigenvalue weighted by Crippen LogP contribution is 2.17. The Morgan fingerprint density at radius 3 is 2.56 bits per heavy atom. The second-order valence-corrected chi connectivity index (χ2v) is 3.95. The van der Waals surface area contributed by atoms with Gasteiger partial charge in [0.1, 0.15) is 11.6 Å². The van der Waals surface area contributed by atoms with Crippen LogP contribution >= 0.6 is 12.4 Å². The van der Waals surface area contributed by atoms with Crippen LogP contribution in [0.4, 0.5) is 0 Å². The third-order valence-electron chi connectivity index (χ3n) is 2.40. The minimum Gasteiger partial charge on any atom is -0.287 e. The van der Waals surface area contributed by atoms with Gasteiger partial charge in [0.15, 0.2) is 0 Å². The summed E-state index contributed by atoms with van der Waals surface area (Å²) in [7, 11) is 0. The summed E-state index contributed by atoms with van der Waals surface area (Å²) in [5, 5.41) is 0. The molecule has 0 saturated heterocycles. The summed E-state index contributed by atoms with van der Waals surface area (Å²) >= 11 is 0. The zero-order valence-electron chi connectivity index (χ0n) is 9.71. The number of pyridine rings is 1. The molecule has 16 heavy (non-hydrogen) atoms. The van der Waals surface area contributed by atoms with Gasteiger partial charge in [-0.05, 0) is 18.6 Å². The normalized spacial score (nSPS) is 10.2. The molecule has 2 aromatic heterocycles. The van der Waals surface area contributed by atoms with E-state index in [1.165, 1.54) is 0 Å². The number of hydrogen-bond donors (Lipinski definition) is 0. The van der Waals surface area contributed by atoms with Crippen molar-refractivity contribution in [2.24, 2.45) is 0 Å². The molecule has 2 rings (SSSR count). The average molecular weight is 238 g/mol. The summed E-state index contributed by atoms with van der Waals surface area (Å²) in [4.78, 5) is 8.74. The van der Waals surface area contributed by atoms with Crippen molar-refractivity contribution in [2.75, 3.05) is 0 Å². The van der Waals surface area contributed by atoms with E-state index >= 15 is 0 Å². The Morgan fingerprint density at radius 2 is 1.94 bits per heavy atom. The molecule has 0 aromatic carbocycles. The Kier molecular flexibility index (Phi) is 4.07. The van der Waals surface area contributed by atoms with Gasteiger partial charge in [0, 0.05) is 24.5 Å². The predicted molar refractivity (Wildman–Crippen MR) is 67.4 cm³/mol. The SMILES string of the molecule is Cc1cccnc1-n1ccnc1C(C)C.Cl. The second kappa shape index (κ2) is 5.12. The van der Waals surface area contributed by atoms with E-state index in [1.54, 1.807) is 0 Å². The Hall–Kier alpha value is -1.35. The quantitative estimate of drug-likeness (QED) is 0.804. The Balaban J connectivity index is 0.00000128. The highest BCUT2D eigenvalue weighted by molar-refractivity contribution is 5.85. The van der Waals surface area contributed by atoms with Crippen molar-refractivity contribution in [2.45, 2.75) is 26.7 Å². The van der Waals surface area contributed by atoms with Crippen LogP contribution in [-0.2, 0) is 0 Å². The van der Waals surface area contributed by atoms with Crippen LogP contribution in [0, 0.1) is 6.92 Å². The number of halogens is 1. The maximum atomic E-state index is 4.39. The number of hydrogen-bond acceptors (Lipinski definition) is 2. The fraction of sp³-hybridized carbons (Fsp3) is 0.333. The van der Waals surface area contributed by atoms with E-state index in [4.69, 9.17) is 0 Å². The first-order valence-corrected chi connectivity index (χ1v) is 5.15. The molecule has 0 atom stereocenters. The van der Waals surface area contributed by atoms with Gasteiger partial charge in [0.2, 0.25) is 0 Å². The van der Waals surface area contributed by atoms with Crippen LogP contribution in [0.2, 0.25) is 0 Å². The largest absolute Gasteiger partial charge is 0.287 e. The van der Waals surface area contributed by atoms with E-state index in [-0.39, 0.29) is 12.4 Å². The summed E-state index contributed by atoms with van der Waals surface area (Å²) in [5.41, 5.74) is 1.16.